The van der Waals surface area contributed by atoms with Gasteiger partial charge in [-0.1, -0.05) is 67.6 Å². The van der Waals surface area contributed by atoms with Gasteiger partial charge >= 0.3 is 0 Å². The Labute approximate surface area is 156 Å². The number of tetrazole rings is 1. The van der Waals surface area contributed by atoms with Crippen molar-refractivity contribution in [2.75, 3.05) is 5.32 Å². The summed E-state index contributed by atoms with van der Waals surface area (Å²) in [5, 5.41) is 17.4. The first kappa shape index (κ1) is 16.9. The van der Waals surface area contributed by atoms with Crippen LogP contribution in [0.4, 0.5) is 5.69 Å². The van der Waals surface area contributed by atoms with E-state index in [2.05, 4.69) is 27.7 Å². The zero-order valence-electron chi connectivity index (χ0n) is 15.0. The van der Waals surface area contributed by atoms with Gasteiger partial charge in [-0.05, 0) is 28.7 Å². The smallest absolute Gasteiger partial charge is 0.248 e. The summed E-state index contributed by atoms with van der Waals surface area (Å²) in [6.45, 7) is 2.11. The van der Waals surface area contributed by atoms with Gasteiger partial charge in [-0.15, -0.1) is 10.2 Å². The van der Waals surface area contributed by atoms with E-state index in [0.717, 1.165) is 28.4 Å². The lowest BCUT2D eigenvalue weighted by Crippen LogP contribution is -2.20. The van der Waals surface area contributed by atoms with Crippen molar-refractivity contribution in [2.45, 2.75) is 19.9 Å². The normalized spacial score (nSPS) is 10.9. The van der Waals surface area contributed by atoms with Gasteiger partial charge in [0.05, 0.1) is 0 Å². The summed E-state index contributed by atoms with van der Waals surface area (Å²) >= 11 is 0. The molecule has 0 saturated heterocycles. The SMILES string of the molecule is CCc1ccc(-c2nnn(CC(=O)Nc3cccc4ccccc34)n2)cc1. The van der Waals surface area contributed by atoms with Crippen LogP contribution < -0.4 is 5.32 Å². The van der Waals surface area contributed by atoms with Crippen molar-refractivity contribution in [3.63, 3.8) is 0 Å². The molecule has 0 bridgehead atoms. The Hall–Kier alpha value is -3.54. The summed E-state index contributed by atoms with van der Waals surface area (Å²) < 4.78 is 0. The highest BCUT2D eigenvalue weighted by atomic mass is 16.2. The largest absolute Gasteiger partial charge is 0.324 e. The number of nitrogens with one attached hydrogen (secondary N) is 1. The fraction of sp³-hybridized carbons (Fsp3) is 0.143. The minimum Gasteiger partial charge on any atom is -0.324 e. The average Bonchev–Trinajstić information content (AvgIpc) is 3.16. The van der Waals surface area contributed by atoms with Gasteiger partial charge in [0.15, 0.2) is 0 Å². The highest BCUT2D eigenvalue weighted by Crippen LogP contribution is 2.23. The Morgan fingerprint density at radius 1 is 1.00 bits per heavy atom. The van der Waals surface area contributed by atoms with E-state index < -0.39 is 0 Å². The molecule has 27 heavy (non-hydrogen) atoms. The zero-order valence-corrected chi connectivity index (χ0v) is 15.0. The molecule has 3 aromatic carbocycles. The number of aryl methyl sites for hydroxylation is 1. The van der Waals surface area contributed by atoms with Crippen LogP contribution in [-0.2, 0) is 17.8 Å². The number of hydrogen-bond donors (Lipinski definition) is 1. The molecule has 4 aromatic rings. The molecule has 1 amide bonds. The van der Waals surface area contributed by atoms with E-state index in [4.69, 9.17) is 0 Å². The molecular formula is C21H19N5O. The van der Waals surface area contributed by atoms with E-state index in [1.54, 1.807) is 0 Å². The monoisotopic (exact) mass is 357 g/mol. The molecule has 4 rings (SSSR count). The fourth-order valence-electron chi connectivity index (χ4n) is 2.97. The van der Waals surface area contributed by atoms with Crippen molar-refractivity contribution < 1.29 is 4.79 Å². The molecule has 0 fully saturated rings. The van der Waals surface area contributed by atoms with Crippen molar-refractivity contribution in [3.8, 4) is 11.4 Å². The molecule has 134 valence electrons. The van der Waals surface area contributed by atoms with Crippen LogP contribution in [0.2, 0.25) is 0 Å². The maximum Gasteiger partial charge on any atom is 0.248 e. The number of amides is 1. The predicted molar refractivity (Wildman–Crippen MR) is 105 cm³/mol. The van der Waals surface area contributed by atoms with Gasteiger partial charge in [-0.3, -0.25) is 4.79 Å². The van der Waals surface area contributed by atoms with Crippen molar-refractivity contribution in [1.82, 2.24) is 20.2 Å². The van der Waals surface area contributed by atoms with Crippen LogP contribution >= 0.6 is 0 Å². The summed E-state index contributed by atoms with van der Waals surface area (Å²) in [5.74, 6) is 0.312. The third-order valence-electron chi connectivity index (χ3n) is 4.42. The average molecular weight is 357 g/mol. The molecule has 0 aliphatic carbocycles. The maximum absolute atomic E-state index is 12.4. The molecule has 1 N–H and O–H groups in total. The summed E-state index contributed by atoms with van der Waals surface area (Å²) in [6.07, 6.45) is 0.981. The molecular weight excluding hydrogens is 338 g/mol. The highest BCUT2D eigenvalue weighted by molar-refractivity contribution is 6.01. The number of hydrogen-bond acceptors (Lipinski definition) is 4. The predicted octanol–water partition coefficient (Wildman–Crippen LogP) is 3.69. The third kappa shape index (κ3) is 3.69. The van der Waals surface area contributed by atoms with E-state index >= 15 is 0 Å². The number of aromatic nitrogens is 4. The molecule has 0 spiro atoms. The minimum absolute atomic E-state index is 0.00324. The second-order valence-electron chi connectivity index (χ2n) is 6.27. The van der Waals surface area contributed by atoms with Gasteiger partial charge < -0.3 is 5.32 Å². The second-order valence-corrected chi connectivity index (χ2v) is 6.27. The first-order valence-electron chi connectivity index (χ1n) is 8.87. The number of carbonyl (C=O) groups excluding carboxylic acids is 1. The van der Waals surface area contributed by atoms with Crippen LogP contribution in [0.25, 0.3) is 22.2 Å². The van der Waals surface area contributed by atoms with Crippen LogP contribution in [0.3, 0.4) is 0 Å². The fourth-order valence-corrected chi connectivity index (χ4v) is 2.97. The summed E-state index contributed by atoms with van der Waals surface area (Å²) in [4.78, 5) is 13.7. The molecule has 0 aliphatic rings. The zero-order chi connectivity index (χ0) is 18.6. The first-order chi connectivity index (χ1) is 13.2. The summed E-state index contributed by atoms with van der Waals surface area (Å²) in [6, 6.07) is 21.8. The molecule has 1 aromatic heterocycles. The Balaban J connectivity index is 1.47. The van der Waals surface area contributed by atoms with Gasteiger partial charge in [-0.2, -0.15) is 4.80 Å². The molecule has 6 heteroatoms. The standard InChI is InChI=1S/C21H19N5O/c1-2-15-10-12-17(13-11-15)21-23-25-26(24-21)14-20(27)22-19-9-5-7-16-6-3-4-8-18(16)19/h3-13H,2,14H2,1H3,(H,22,27). The topological polar surface area (TPSA) is 72.7 Å². The Bertz CT molecular complexity index is 1080. The van der Waals surface area contributed by atoms with E-state index in [0.29, 0.717) is 5.82 Å². The van der Waals surface area contributed by atoms with E-state index in [9.17, 15) is 4.79 Å². The first-order valence-corrected chi connectivity index (χ1v) is 8.87. The number of carbonyl (C=O) groups is 1. The molecule has 0 saturated carbocycles. The Kier molecular flexibility index (Phi) is 4.61. The molecule has 0 radical (unpaired) electrons. The van der Waals surface area contributed by atoms with Crippen molar-refractivity contribution in [2.24, 2.45) is 0 Å². The van der Waals surface area contributed by atoms with Gasteiger partial charge in [0.1, 0.15) is 6.54 Å². The van der Waals surface area contributed by atoms with Crippen LogP contribution in [0.15, 0.2) is 66.7 Å². The van der Waals surface area contributed by atoms with Gasteiger partial charge in [0.25, 0.3) is 0 Å². The van der Waals surface area contributed by atoms with Gasteiger partial charge in [-0.25, -0.2) is 0 Å². The lowest BCUT2D eigenvalue weighted by Gasteiger charge is -2.08. The molecule has 0 unspecified atom stereocenters. The quantitative estimate of drug-likeness (QED) is 0.591. The van der Waals surface area contributed by atoms with E-state index in [-0.39, 0.29) is 12.5 Å². The van der Waals surface area contributed by atoms with Crippen molar-refractivity contribution >= 4 is 22.4 Å². The number of anilines is 1. The van der Waals surface area contributed by atoms with Gasteiger partial charge in [0.2, 0.25) is 11.7 Å². The second kappa shape index (κ2) is 7.37. The van der Waals surface area contributed by atoms with Crippen LogP contribution in [0.1, 0.15) is 12.5 Å². The number of benzene rings is 3. The van der Waals surface area contributed by atoms with E-state index in [1.165, 1.54) is 10.4 Å². The molecule has 6 nitrogen and oxygen atoms in total. The molecule has 0 aliphatic heterocycles. The minimum atomic E-state index is -0.198. The van der Waals surface area contributed by atoms with Crippen LogP contribution in [0.5, 0.6) is 0 Å². The molecule has 0 atom stereocenters. The Morgan fingerprint density at radius 3 is 2.59 bits per heavy atom. The van der Waals surface area contributed by atoms with Crippen molar-refractivity contribution in [1.29, 1.82) is 0 Å². The maximum atomic E-state index is 12.4. The molecule has 1 heterocycles. The third-order valence-corrected chi connectivity index (χ3v) is 4.42. The summed E-state index contributed by atoms with van der Waals surface area (Å²) in [7, 11) is 0. The number of fused-ring (bicyclic) bond motifs is 1. The lowest BCUT2D eigenvalue weighted by molar-refractivity contribution is -0.117. The number of nitrogens with zero attached hydrogens (tertiary/aromatic N) is 4. The van der Waals surface area contributed by atoms with Crippen molar-refractivity contribution in [3.05, 3.63) is 72.3 Å². The van der Waals surface area contributed by atoms with E-state index in [1.807, 2.05) is 66.7 Å². The highest BCUT2D eigenvalue weighted by Gasteiger charge is 2.11. The Morgan fingerprint density at radius 2 is 1.78 bits per heavy atom. The van der Waals surface area contributed by atoms with Crippen LogP contribution in [-0.4, -0.2) is 26.1 Å². The number of rotatable bonds is 5. The van der Waals surface area contributed by atoms with Gasteiger partial charge in [0, 0.05) is 16.6 Å². The van der Waals surface area contributed by atoms with Crippen LogP contribution in [0, 0.1) is 0 Å². The lowest BCUT2D eigenvalue weighted by atomic mass is 10.1. The summed E-state index contributed by atoms with van der Waals surface area (Å²) in [5.41, 5.74) is 2.90.